The van der Waals surface area contributed by atoms with Crippen LogP contribution in [0.4, 0.5) is 0 Å². The van der Waals surface area contributed by atoms with Gasteiger partial charge in [0.2, 0.25) is 0 Å². The smallest absolute Gasteiger partial charge is 0.372 e. The number of rotatable bonds is 3. The van der Waals surface area contributed by atoms with Crippen LogP contribution in [0.25, 0.3) is 0 Å². The molecule has 1 aliphatic heterocycles. The molecule has 1 heterocycles. The minimum atomic E-state index is -4.83. The third kappa shape index (κ3) is 5.67. The number of hydrogen-bond acceptors (Lipinski definition) is 4. The Kier molecular flexibility index (Phi) is 5.20. The zero-order valence-electron chi connectivity index (χ0n) is 9.17. The van der Waals surface area contributed by atoms with E-state index in [-0.39, 0.29) is 16.9 Å². The lowest BCUT2D eigenvalue weighted by Gasteiger charge is -2.21. The van der Waals surface area contributed by atoms with Crippen molar-refractivity contribution in [3.63, 3.8) is 0 Å². The monoisotopic (exact) mass is 316 g/mol. The molecule has 0 spiro atoms. The van der Waals surface area contributed by atoms with E-state index in [9.17, 15) is 9.13 Å². The van der Waals surface area contributed by atoms with Crippen molar-refractivity contribution in [3.05, 3.63) is 11.3 Å². The summed E-state index contributed by atoms with van der Waals surface area (Å²) in [6, 6.07) is 0. The largest absolute Gasteiger partial charge is 0.374 e. The average Bonchev–Trinajstić information content (AvgIpc) is 2.17. The summed E-state index contributed by atoms with van der Waals surface area (Å²) in [5.41, 5.74) is -0.920. The van der Waals surface area contributed by atoms with E-state index in [0.717, 1.165) is 0 Å². The minimum Gasteiger partial charge on any atom is -0.372 e. The molecule has 11 heteroatoms. The van der Waals surface area contributed by atoms with Gasteiger partial charge in [-0.1, -0.05) is 0 Å². The van der Waals surface area contributed by atoms with Gasteiger partial charge < -0.3 is 24.9 Å². The third-order valence-electron chi connectivity index (χ3n) is 2.09. The number of nitrogens with one attached hydrogen (secondary N) is 1. The number of aliphatic imine (C=N–C) groups is 1. The van der Waals surface area contributed by atoms with Gasteiger partial charge in [-0.25, -0.2) is 4.99 Å². The fourth-order valence-electron chi connectivity index (χ4n) is 1.28. The molecule has 1 rings (SSSR count). The highest BCUT2D eigenvalue weighted by Gasteiger charge is 2.26. The Morgan fingerprint density at radius 2 is 2.00 bits per heavy atom. The van der Waals surface area contributed by atoms with E-state index < -0.39 is 20.6 Å². The molecule has 1 fully saturated rings. The Bertz CT molecular complexity index is 457. The lowest BCUT2D eigenvalue weighted by Crippen LogP contribution is -2.35. The number of nitrogens with zero attached hydrogens (tertiary/aromatic N) is 1. The van der Waals surface area contributed by atoms with Gasteiger partial charge in [0.15, 0.2) is 5.44 Å². The van der Waals surface area contributed by atoms with Gasteiger partial charge in [0, 0.05) is 18.2 Å². The normalized spacial score (nSPS) is 25.1. The Hall–Kier alpha value is -0.140. The Morgan fingerprint density at radius 3 is 2.39 bits per heavy atom. The summed E-state index contributed by atoms with van der Waals surface area (Å²) in [6.07, 6.45) is 1.08. The van der Waals surface area contributed by atoms with Crippen molar-refractivity contribution in [1.29, 1.82) is 0 Å². The van der Waals surface area contributed by atoms with E-state index in [1.165, 1.54) is 0 Å². The molecule has 18 heavy (non-hydrogen) atoms. The molecule has 0 amide bonds. The van der Waals surface area contributed by atoms with Crippen molar-refractivity contribution in [2.24, 2.45) is 4.99 Å². The summed E-state index contributed by atoms with van der Waals surface area (Å²) < 4.78 is 21.8. The van der Waals surface area contributed by atoms with Gasteiger partial charge in [0.1, 0.15) is 5.84 Å². The minimum absolute atomic E-state index is 0.119. The molecular formula is C7H14N2O6P2S. The van der Waals surface area contributed by atoms with Crippen molar-refractivity contribution < 1.29 is 28.7 Å². The van der Waals surface area contributed by atoms with Gasteiger partial charge in [0.05, 0.1) is 5.82 Å². The summed E-state index contributed by atoms with van der Waals surface area (Å²) in [7, 11) is -9.53. The summed E-state index contributed by atoms with van der Waals surface area (Å²) in [4.78, 5) is 39.0. The molecule has 1 atom stereocenters. The van der Waals surface area contributed by atoms with Crippen LogP contribution in [-0.4, -0.2) is 37.2 Å². The predicted octanol–water partition coefficient (Wildman–Crippen LogP) is 0.221. The van der Waals surface area contributed by atoms with Crippen LogP contribution in [0.15, 0.2) is 16.2 Å². The van der Waals surface area contributed by atoms with E-state index in [1.807, 2.05) is 0 Å². The van der Waals surface area contributed by atoms with Crippen LogP contribution in [0.2, 0.25) is 0 Å². The zero-order chi connectivity index (χ0) is 14.0. The molecule has 8 nitrogen and oxygen atoms in total. The lowest BCUT2D eigenvalue weighted by atomic mass is 10.1. The van der Waals surface area contributed by atoms with Gasteiger partial charge in [-0.3, -0.25) is 9.13 Å². The first kappa shape index (κ1) is 15.9. The summed E-state index contributed by atoms with van der Waals surface area (Å²) in [6.45, 7) is 0.478. The van der Waals surface area contributed by atoms with Crippen LogP contribution in [-0.2, 0) is 9.13 Å². The highest BCUT2D eigenvalue weighted by Crippen LogP contribution is 2.51. The van der Waals surface area contributed by atoms with E-state index in [2.05, 4.69) is 22.9 Å². The summed E-state index contributed by atoms with van der Waals surface area (Å²) in [5, 5.41) is 2.91. The second-order valence-corrected chi connectivity index (χ2v) is 7.47. The van der Waals surface area contributed by atoms with Crippen molar-refractivity contribution in [1.82, 2.24) is 5.32 Å². The van der Waals surface area contributed by atoms with Crippen LogP contribution in [0.1, 0.15) is 12.8 Å². The van der Waals surface area contributed by atoms with Crippen LogP contribution >= 0.6 is 27.8 Å². The van der Waals surface area contributed by atoms with Crippen LogP contribution in [0.3, 0.4) is 0 Å². The van der Waals surface area contributed by atoms with Crippen LogP contribution < -0.4 is 5.32 Å². The van der Waals surface area contributed by atoms with Crippen LogP contribution in [0, 0.1) is 0 Å². The summed E-state index contributed by atoms with van der Waals surface area (Å²) in [5.74, 6) is 0.471. The molecule has 1 saturated heterocycles. The first-order chi connectivity index (χ1) is 8.08. The topological polar surface area (TPSA) is 139 Å². The highest BCUT2D eigenvalue weighted by molar-refractivity contribution is 7.81. The van der Waals surface area contributed by atoms with E-state index in [0.29, 0.717) is 19.4 Å². The third-order valence-corrected chi connectivity index (χ3v) is 4.14. The number of hydrogen-bond donors (Lipinski definition) is 6. The maximum Gasteiger partial charge on any atom is 0.374 e. The molecule has 0 aromatic carbocycles. The molecule has 5 N–H and O–H groups in total. The average molecular weight is 316 g/mol. The summed E-state index contributed by atoms with van der Waals surface area (Å²) >= 11 is 4.21. The second kappa shape index (κ2) is 5.88. The first-order valence-corrected chi connectivity index (χ1v) is 8.72. The zero-order valence-corrected chi connectivity index (χ0v) is 11.9. The SMILES string of the molecule is O=P(O)(O)C=C(N=C1CCC(S)CN1)P(=O)(O)O. The Labute approximate surface area is 109 Å². The van der Waals surface area contributed by atoms with Gasteiger partial charge in [-0.2, -0.15) is 12.6 Å². The van der Waals surface area contributed by atoms with Crippen molar-refractivity contribution in [2.45, 2.75) is 18.1 Å². The standard InChI is InChI=1S/C7H14N2O6P2S/c10-16(11,12)4-7(17(13,14)15)9-6-2-1-5(18)3-8-6/h4-5,18H,1-3H2,(H,8,9)(H2,10,11,12)(H2,13,14,15). The molecule has 0 saturated carbocycles. The van der Waals surface area contributed by atoms with Crippen molar-refractivity contribution >= 4 is 33.7 Å². The van der Waals surface area contributed by atoms with E-state index >= 15 is 0 Å². The van der Waals surface area contributed by atoms with Crippen molar-refractivity contribution in [3.8, 4) is 0 Å². The Morgan fingerprint density at radius 1 is 1.39 bits per heavy atom. The highest BCUT2D eigenvalue weighted by atomic mass is 32.1. The van der Waals surface area contributed by atoms with Crippen molar-refractivity contribution in [2.75, 3.05) is 6.54 Å². The predicted molar refractivity (Wildman–Crippen MR) is 69.6 cm³/mol. The molecule has 1 unspecified atom stereocenters. The molecule has 104 valence electrons. The fraction of sp³-hybridized carbons (Fsp3) is 0.571. The van der Waals surface area contributed by atoms with Gasteiger partial charge in [0.25, 0.3) is 0 Å². The molecule has 0 aliphatic carbocycles. The van der Waals surface area contributed by atoms with Gasteiger partial charge >= 0.3 is 15.2 Å². The molecular weight excluding hydrogens is 302 g/mol. The first-order valence-electron chi connectivity index (χ1n) is 4.91. The Balaban J connectivity index is 3.01. The maximum absolute atomic E-state index is 11.1. The van der Waals surface area contributed by atoms with Crippen LogP contribution in [0.5, 0.6) is 0 Å². The lowest BCUT2D eigenvalue weighted by molar-refractivity contribution is 0.376. The molecule has 0 aromatic heterocycles. The van der Waals surface area contributed by atoms with Gasteiger partial charge in [-0.15, -0.1) is 0 Å². The van der Waals surface area contributed by atoms with E-state index in [4.69, 9.17) is 19.6 Å². The van der Waals surface area contributed by atoms with Gasteiger partial charge in [-0.05, 0) is 6.42 Å². The molecule has 0 bridgehead atoms. The maximum atomic E-state index is 11.1. The quantitative estimate of drug-likeness (QED) is 0.323. The molecule has 0 radical (unpaired) electrons. The number of piperidine rings is 1. The second-order valence-electron chi connectivity index (χ2n) is 3.75. The molecule has 1 aliphatic rings. The molecule has 0 aromatic rings. The number of amidine groups is 1. The van der Waals surface area contributed by atoms with E-state index in [1.54, 1.807) is 0 Å². The fourth-order valence-corrected chi connectivity index (χ4v) is 3.17. The number of thiol groups is 1.